The summed E-state index contributed by atoms with van der Waals surface area (Å²) in [6, 6.07) is 47.6. The van der Waals surface area contributed by atoms with Crippen molar-refractivity contribution in [1.82, 2.24) is 4.98 Å². The Kier molecular flexibility index (Phi) is 4.96. The van der Waals surface area contributed by atoms with E-state index in [-0.39, 0.29) is 0 Å². The van der Waals surface area contributed by atoms with Crippen molar-refractivity contribution in [3.63, 3.8) is 0 Å². The van der Waals surface area contributed by atoms with Crippen molar-refractivity contribution in [3.8, 4) is 33.6 Å². The first-order chi connectivity index (χ1) is 22.3. The van der Waals surface area contributed by atoms with Crippen LogP contribution < -0.4 is 0 Å². The summed E-state index contributed by atoms with van der Waals surface area (Å²) >= 11 is 0. The number of hydrogen-bond acceptors (Lipinski definition) is 4. The highest BCUT2D eigenvalue weighted by atomic mass is 16.3. The van der Waals surface area contributed by atoms with Crippen LogP contribution in [0.25, 0.3) is 99.5 Å². The molecule has 0 unspecified atom stereocenters. The summed E-state index contributed by atoms with van der Waals surface area (Å²) in [6.45, 7) is 0. The Morgan fingerprint density at radius 1 is 0.356 bits per heavy atom. The van der Waals surface area contributed by atoms with Crippen molar-refractivity contribution in [1.29, 1.82) is 0 Å². The summed E-state index contributed by atoms with van der Waals surface area (Å²) in [5.74, 6) is 0. The minimum Gasteiger partial charge on any atom is -0.456 e. The molecule has 4 nitrogen and oxygen atoms in total. The summed E-state index contributed by atoms with van der Waals surface area (Å²) in [5.41, 5.74) is 10.9. The molecule has 0 saturated heterocycles. The van der Waals surface area contributed by atoms with Gasteiger partial charge in [0.1, 0.15) is 33.5 Å². The molecule has 0 radical (unpaired) electrons. The van der Waals surface area contributed by atoms with Gasteiger partial charge in [0.05, 0.1) is 16.8 Å². The van der Waals surface area contributed by atoms with Crippen molar-refractivity contribution < 1.29 is 13.3 Å². The van der Waals surface area contributed by atoms with Crippen molar-refractivity contribution in [2.45, 2.75) is 0 Å². The Bertz CT molecular complexity index is 2690. The van der Waals surface area contributed by atoms with Gasteiger partial charge in [0, 0.05) is 38.1 Å². The Balaban J connectivity index is 1.36. The average molecular weight is 578 g/mol. The number of aromatic nitrogens is 1. The fraction of sp³-hybridized carbons (Fsp3) is 0. The molecule has 0 N–H and O–H groups in total. The van der Waals surface area contributed by atoms with Gasteiger partial charge in [0.25, 0.3) is 0 Å². The van der Waals surface area contributed by atoms with Gasteiger partial charge in [-0.25, -0.2) is 4.98 Å². The molecule has 210 valence electrons. The normalized spacial score (nSPS) is 12.0. The van der Waals surface area contributed by atoms with Crippen LogP contribution in [0.15, 0.2) is 153 Å². The Labute approximate surface area is 256 Å². The molecule has 10 rings (SSSR count). The second kappa shape index (κ2) is 9.18. The number of rotatable bonds is 3. The third-order valence-electron chi connectivity index (χ3n) is 8.86. The second-order valence-electron chi connectivity index (χ2n) is 11.5. The molecule has 0 aliphatic heterocycles. The van der Waals surface area contributed by atoms with Gasteiger partial charge in [-0.05, 0) is 53.6 Å². The molecule has 0 fully saturated rings. The zero-order chi connectivity index (χ0) is 29.5. The lowest BCUT2D eigenvalue weighted by Crippen LogP contribution is -1.91. The van der Waals surface area contributed by atoms with E-state index < -0.39 is 0 Å². The van der Waals surface area contributed by atoms with Gasteiger partial charge in [-0.3, -0.25) is 0 Å². The molecule has 4 heteroatoms. The molecular weight excluding hydrogens is 554 g/mol. The minimum absolute atomic E-state index is 0.767. The van der Waals surface area contributed by atoms with E-state index in [1.54, 1.807) is 0 Å². The van der Waals surface area contributed by atoms with E-state index >= 15 is 0 Å². The smallest absolute Gasteiger partial charge is 0.147 e. The molecule has 4 heterocycles. The standard InChI is InChI=1S/C41H23NO3/c1-3-11-24(12-4-1)30-21-26(22-31(42-30)25-13-5-2-6-14-25)29-23-36-40(41-37(29)27-15-7-10-18-33(27)45-41)39-35(44-36)20-19-34-38(39)28-16-8-9-17-32(28)43-34/h1-23H. The van der Waals surface area contributed by atoms with Crippen LogP contribution in [0, 0.1) is 0 Å². The SMILES string of the molecule is c1ccc(-c2cc(-c3cc4oc5ccc6oc7ccccc7c6c5c4c4oc5ccccc5c34)cc(-c3ccccc3)n2)cc1. The van der Waals surface area contributed by atoms with Gasteiger partial charge in [-0.2, -0.15) is 0 Å². The first-order valence-electron chi connectivity index (χ1n) is 15.0. The molecule has 6 aromatic carbocycles. The molecular formula is C41H23NO3. The molecule has 4 aromatic heterocycles. The maximum absolute atomic E-state index is 6.76. The molecule has 0 aliphatic carbocycles. The zero-order valence-corrected chi connectivity index (χ0v) is 24.0. The minimum atomic E-state index is 0.767. The van der Waals surface area contributed by atoms with Gasteiger partial charge in [-0.1, -0.05) is 97.1 Å². The number of fused-ring (bicyclic) bond motifs is 11. The Morgan fingerprint density at radius 2 is 0.889 bits per heavy atom. The summed E-state index contributed by atoms with van der Waals surface area (Å²) in [5, 5.41) is 6.17. The maximum atomic E-state index is 6.76. The topological polar surface area (TPSA) is 52.3 Å². The molecule has 0 spiro atoms. The van der Waals surface area contributed by atoms with Crippen molar-refractivity contribution in [3.05, 3.63) is 140 Å². The molecule has 45 heavy (non-hydrogen) atoms. The predicted octanol–water partition coefficient (Wildman–Crippen LogP) is 11.8. The van der Waals surface area contributed by atoms with E-state index in [4.69, 9.17) is 18.2 Å². The highest BCUT2D eigenvalue weighted by molar-refractivity contribution is 6.33. The first-order valence-corrected chi connectivity index (χ1v) is 15.0. The average Bonchev–Trinajstić information content (AvgIpc) is 3.79. The van der Waals surface area contributed by atoms with Crippen LogP contribution in [0.3, 0.4) is 0 Å². The molecule has 10 aromatic rings. The van der Waals surface area contributed by atoms with Gasteiger partial charge in [0.15, 0.2) is 0 Å². The number of pyridine rings is 1. The van der Waals surface area contributed by atoms with Crippen molar-refractivity contribution in [2.24, 2.45) is 0 Å². The van der Waals surface area contributed by atoms with Gasteiger partial charge in [0.2, 0.25) is 0 Å². The fourth-order valence-electron chi connectivity index (χ4n) is 6.87. The molecule has 0 amide bonds. The highest BCUT2D eigenvalue weighted by Gasteiger charge is 2.24. The largest absolute Gasteiger partial charge is 0.456 e. The fourth-order valence-corrected chi connectivity index (χ4v) is 6.87. The number of furan rings is 3. The summed E-state index contributed by atoms with van der Waals surface area (Å²) in [4.78, 5) is 5.13. The van der Waals surface area contributed by atoms with Crippen LogP contribution in [0.2, 0.25) is 0 Å². The Hall–Kier alpha value is -6.13. The molecule has 0 bridgehead atoms. The quantitative estimate of drug-likeness (QED) is 0.210. The van der Waals surface area contributed by atoms with Gasteiger partial charge < -0.3 is 13.3 Å². The second-order valence-corrected chi connectivity index (χ2v) is 11.5. The van der Waals surface area contributed by atoms with E-state index in [9.17, 15) is 0 Å². The lowest BCUT2D eigenvalue weighted by molar-refractivity contribution is 0.660. The van der Waals surface area contributed by atoms with Crippen LogP contribution >= 0.6 is 0 Å². The van der Waals surface area contributed by atoms with Crippen LogP contribution in [-0.2, 0) is 0 Å². The van der Waals surface area contributed by atoms with E-state index in [0.29, 0.717) is 0 Å². The summed E-state index contributed by atoms with van der Waals surface area (Å²) in [6.07, 6.45) is 0. The predicted molar refractivity (Wildman–Crippen MR) is 182 cm³/mol. The Morgan fingerprint density at radius 3 is 1.56 bits per heavy atom. The van der Waals surface area contributed by atoms with E-state index in [1.165, 1.54) is 0 Å². The lowest BCUT2D eigenvalue weighted by Gasteiger charge is -2.11. The third kappa shape index (κ3) is 3.57. The van der Waals surface area contributed by atoms with Gasteiger partial charge in [-0.15, -0.1) is 0 Å². The molecule has 0 aliphatic rings. The van der Waals surface area contributed by atoms with E-state index in [2.05, 4.69) is 84.9 Å². The number of benzene rings is 6. The lowest BCUT2D eigenvalue weighted by atomic mass is 9.94. The molecule has 0 saturated carbocycles. The summed E-state index contributed by atoms with van der Waals surface area (Å²) < 4.78 is 19.7. The van der Waals surface area contributed by atoms with Crippen molar-refractivity contribution >= 4 is 65.8 Å². The monoisotopic (exact) mass is 577 g/mol. The number of hydrogen-bond donors (Lipinski definition) is 0. The highest BCUT2D eigenvalue weighted by Crippen LogP contribution is 2.48. The van der Waals surface area contributed by atoms with Gasteiger partial charge >= 0.3 is 0 Å². The van der Waals surface area contributed by atoms with Crippen LogP contribution in [0.1, 0.15) is 0 Å². The summed E-state index contributed by atoms with van der Waals surface area (Å²) in [7, 11) is 0. The van der Waals surface area contributed by atoms with E-state index in [0.717, 1.165) is 99.5 Å². The third-order valence-corrected chi connectivity index (χ3v) is 8.86. The van der Waals surface area contributed by atoms with Crippen LogP contribution in [0.5, 0.6) is 0 Å². The molecule has 0 atom stereocenters. The number of nitrogens with zero attached hydrogens (tertiary/aromatic N) is 1. The van der Waals surface area contributed by atoms with Crippen LogP contribution in [0.4, 0.5) is 0 Å². The number of para-hydroxylation sites is 2. The first kappa shape index (κ1) is 24.3. The zero-order valence-electron chi connectivity index (χ0n) is 24.0. The van der Waals surface area contributed by atoms with E-state index in [1.807, 2.05) is 54.6 Å². The van der Waals surface area contributed by atoms with Crippen LogP contribution in [-0.4, -0.2) is 4.98 Å². The van der Waals surface area contributed by atoms with Crippen molar-refractivity contribution in [2.75, 3.05) is 0 Å². The maximum Gasteiger partial charge on any atom is 0.147 e.